The van der Waals surface area contributed by atoms with Gasteiger partial charge >= 0.3 is 0 Å². The number of nitrogens with two attached hydrogens (primary N) is 1. The molecule has 0 fully saturated rings. The molecule has 100 valence electrons. The molecule has 0 amide bonds. The van der Waals surface area contributed by atoms with Gasteiger partial charge in [0.05, 0.1) is 5.56 Å². The standard InChI is InChI=1S/C15H21N4/c1-4-7-14-17-10-13(15(16)18-14)12(3)19-9-6-5-8-11(19)2/h5-6,8-10,12H,4,7H2,1-3H3,(H2,16,17,18)/q+1. The van der Waals surface area contributed by atoms with Crippen molar-refractivity contribution in [2.75, 3.05) is 5.73 Å². The number of hydrogen-bond donors (Lipinski definition) is 1. The SMILES string of the molecule is CCCc1ncc(C(C)[n+]2ccccc2C)c(N)n1. The van der Waals surface area contributed by atoms with Crippen molar-refractivity contribution in [3.63, 3.8) is 0 Å². The second kappa shape index (κ2) is 5.78. The Morgan fingerprint density at radius 1 is 1.37 bits per heavy atom. The first-order chi connectivity index (χ1) is 9.13. The minimum absolute atomic E-state index is 0.136. The van der Waals surface area contributed by atoms with Crippen LogP contribution in [0.3, 0.4) is 0 Å². The second-order valence-corrected chi connectivity index (χ2v) is 4.80. The van der Waals surface area contributed by atoms with E-state index in [-0.39, 0.29) is 6.04 Å². The molecule has 0 saturated heterocycles. The molecule has 0 aliphatic rings. The molecule has 0 aromatic carbocycles. The van der Waals surface area contributed by atoms with Gasteiger partial charge in [0, 0.05) is 38.6 Å². The second-order valence-electron chi connectivity index (χ2n) is 4.80. The quantitative estimate of drug-likeness (QED) is 0.854. The number of aryl methyl sites for hydroxylation is 2. The van der Waals surface area contributed by atoms with Gasteiger partial charge in [-0.1, -0.05) is 13.0 Å². The number of hydrogen-bond acceptors (Lipinski definition) is 3. The normalized spacial score (nSPS) is 12.4. The molecule has 0 bridgehead atoms. The van der Waals surface area contributed by atoms with Gasteiger partial charge in [0.15, 0.2) is 17.9 Å². The van der Waals surface area contributed by atoms with Crippen LogP contribution < -0.4 is 10.3 Å². The highest BCUT2D eigenvalue weighted by atomic mass is 15.0. The molecule has 4 heteroatoms. The third-order valence-electron chi connectivity index (χ3n) is 3.34. The van der Waals surface area contributed by atoms with Crippen LogP contribution >= 0.6 is 0 Å². The topological polar surface area (TPSA) is 55.7 Å². The molecule has 2 N–H and O–H groups in total. The minimum Gasteiger partial charge on any atom is -0.383 e. The zero-order chi connectivity index (χ0) is 13.8. The maximum absolute atomic E-state index is 6.08. The molecule has 1 unspecified atom stereocenters. The van der Waals surface area contributed by atoms with Gasteiger partial charge in [0.2, 0.25) is 0 Å². The monoisotopic (exact) mass is 257 g/mol. The Morgan fingerprint density at radius 3 is 2.79 bits per heavy atom. The maximum atomic E-state index is 6.08. The summed E-state index contributed by atoms with van der Waals surface area (Å²) in [6.07, 6.45) is 5.81. The average Bonchev–Trinajstić information content (AvgIpc) is 2.39. The highest BCUT2D eigenvalue weighted by Gasteiger charge is 2.21. The van der Waals surface area contributed by atoms with Crippen molar-refractivity contribution < 1.29 is 4.57 Å². The van der Waals surface area contributed by atoms with Gasteiger partial charge in [-0.05, 0) is 6.42 Å². The molecule has 19 heavy (non-hydrogen) atoms. The van der Waals surface area contributed by atoms with Crippen LogP contribution in [0.2, 0.25) is 0 Å². The van der Waals surface area contributed by atoms with E-state index < -0.39 is 0 Å². The van der Waals surface area contributed by atoms with Crippen molar-refractivity contribution in [1.29, 1.82) is 0 Å². The Bertz CT molecular complexity index is 566. The number of anilines is 1. The number of nitrogens with zero attached hydrogens (tertiary/aromatic N) is 3. The molecule has 4 nitrogen and oxygen atoms in total. The van der Waals surface area contributed by atoms with Gasteiger partial charge < -0.3 is 5.73 Å². The van der Waals surface area contributed by atoms with Crippen LogP contribution in [-0.2, 0) is 6.42 Å². The summed E-state index contributed by atoms with van der Waals surface area (Å²) in [4.78, 5) is 8.79. The van der Waals surface area contributed by atoms with E-state index in [4.69, 9.17) is 5.73 Å². The van der Waals surface area contributed by atoms with Crippen LogP contribution in [0.1, 0.15) is 43.4 Å². The van der Waals surface area contributed by atoms with Crippen LogP contribution in [-0.4, -0.2) is 9.97 Å². The van der Waals surface area contributed by atoms with E-state index in [0.29, 0.717) is 5.82 Å². The summed E-state index contributed by atoms with van der Waals surface area (Å²) < 4.78 is 2.18. The lowest BCUT2D eigenvalue weighted by Gasteiger charge is -2.11. The van der Waals surface area contributed by atoms with Gasteiger partial charge in [-0.2, -0.15) is 4.57 Å². The molecular formula is C15H21N4+. The molecule has 2 aromatic heterocycles. The predicted molar refractivity (Wildman–Crippen MR) is 75.6 cm³/mol. The molecule has 0 radical (unpaired) electrons. The fourth-order valence-electron chi connectivity index (χ4n) is 2.23. The maximum Gasteiger partial charge on any atom is 0.186 e. The van der Waals surface area contributed by atoms with Crippen molar-refractivity contribution >= 4 is 5.82 Å². The summed E-state index contributed by atoms with van der Waals surface area (Å²) in [7, 11) is 0. The molecule has 2 heterocycles. The summed E-state index contributed by atoms with van der Waals surface area (Å²) in [5.41, 5.74) is 8.23. The summed E-state index contributed by atoms with van der Waals surface area (Å²) in [5, 5.41) is 0. The first kappa shape index (κ1) is 13.5. The van der Waals surface area contributed by atoms with Crippen LogP contribution in [0.4, 0.5) is 5.82 Å². The lowest BCUT2D eigenvalue weighted by molar-refractivity contribution is -0.716. The van der Waals surface area contributed by atoms with E-state index in [0.717, 1.165) is 24.2 Å². The Labute approximate surface area is 114 Å². The predicted octanol–water partition coefficient (Wildman–Crippen LogP) is 2.22. The summed E-state index contributed by atoms with van der Waals surface area (Å²) in [5.74, 6) is 1.41. The van der Waals surface area contributed by atoms with Gasteiger partial charge in [-0.3, -0.25) is 0 Å². The Hall–Kier alpha value is -1.97. The van der Waals surface area contributed by atoms with E-state index >= 15 is 0 Å². The zero-order valence-electron chi connectivity index (χ0n) is 11.8. The highest BCUT2D eigenvalue weighted by molar-refractivity contribution is 5.38. The number of pyridine rings is 1. The van der Waals surface area contributed by atoms with E-state index in [1.807, 2.05) is 18.3 Å². The van der Waals surface area contributed by atoms with Crippen molar-refractivity contribution in [2.45, 2.75) is 39.7 Å². The fourth-order valence-corrected chi connectivity index (χ4v) is 2.23. The van der Waals surface area contributed by atoms with Crippen LogP contribution in [0.5, 0.6) is 0 Å². The first-order valence-corrected chi connectivity index (χ1v) is 6.71. The molecule has 0 aliphatic heterocycles. The Kier molecular flexibility index (Phi) is 4.10. The van der Waals surface area contributed by atoms with Crippen LogP contribution in [0.25, 0.3) is 0 Å². The largest absolute Gasteiger partial charge is 0.383 e. The van der Waals surface area contributed by atoms with Crippen molar-refractivity contribution in [2.24, 2.45) is 0 Å². The third kappa shape index (κ3) is 2.89. The van der Waals surface area contributed by atoms with Crippen molar-refractivity contribution in [3.8, 4) is 0 Å². The summed E-state index contributed by atoms with van der Waals surface area (Å²) in [6.45, 7) is 6.31. The Morgan fingerprint density at radius 2 is 2.16 bits per heavy atom. The lowest BCUT2D eigenvalue weighted by Crippen LogP contribution is -2.41. The summed E-state index contributed by atoms with van der Waals surface area (Å²) in [6, 6.07) is 6.27. The number of rotatable bonds is 4. The Balaban J connectivity index is 2.34. The van der Waals surface area contributed by atoms with E-state index in [2.05, 4.69) is 47.6 Å². The van der Waals surface area contributed by atoms with Gasteiger partial charge in [-0.25, -0.2) is 9.97 Å². The summed E-state index contributed by atoms with van der Waals surface area (Å²) >= 11 is 0. The molecule has 1 atom stereocenters. The lowest BCUT2D eigenvalue weighted by atomic mass is 10.1. The smallest absolute Gasteiger partial charge is 0.186 e. The average molecular weight is 257 g/mol. The van der Waals surface area contributed by atoms with E-state index in [1.165, 1.54) is 5.69 Å². The van der Waals surface area contributed by atoms with Crippen molar-refractivity contribution in [1.82, 2.24) is 9.97 Å². The minimum atomic E-state index is 0.136. The van der Waals surface area contributed by atoms with Crippen molar-refractivity contribution in [3.05, 3.63) is 47.7 Å². The van der Waals surface area contributed by atoms with Gasteiger partial charge in [-0.15, -0.1) is 0 Å². The highest BCUT2D eigenvalue weighted by Crippen LogP contribution is 2.17. The molecule has 0 aliphatic carbocycles. The van der Waals surface area contributed by atoms with Gasteiger partial charge in [0.1, 0.15) is 11.6 Å². The molecule has 0 saturated carbocycles. The zero-order valence-corrected chi connectivity index (χ0v) is 11.8. The molecular weight excluding hydrogens is 236 g/mol. The fraction of sp³-hybridized carbons (Fsp3) is 0.400. The van der Waals surface area contributed by atoms with E-state index in [1.54, 1.807) is 0 Å². The molecule has 2 rings (SSSR count). The first-order valence-electron chi connectivity index (χ1n) is 6.71. The molecule has 2 aromatic rings. The third-order valence-corrected chi connectivity index (χ3v) is 3.34. The van der Waals surface area contributed by atoms with E-state index in [9.17, 15) is 0 Å². The van der Waals surface area contributed by atoms with Crippen LogP contribution in [0, 0.1) is 6.92 Å². The van der Waals surface area contributed by atoms with Crippen LogP contribution in [0.15, 0.2) is 30.6 Å². The molecule has 0 spiro atoms. The van der Waals surface area contributed by atoms with Gasteiger partial charge in [0.25, 0.3) is 0 Å². The number of nitrogen functional groups attached to an aromatic ring is 1. The number of aromatic nitrogens is 3.